The molecule has 1 N–H and O–H groups in total. The van der Waals surface area contributed by atoms with Crippen LogP contribution in [-0.4, -0.2) is 40.4 Å². The molecule has 2 aromatic carbocycles. The minimum absolute atomic E-state index is 0.0249. The lowest BCUT2D eigenvalue weighted by Crippen LogP contribution is -2.44. The molecule has 5 rings (SSSR count). The zero-order valence-corrected chi connectivity index (χ0v) is 19.4. The van der Waals surface area contributed by atoms with E-state index in [9.17, 15) is 14.4 Å². The minimum atomic E-state index is -1.02. The minimum Gasteiger partial charge on any atom is -0.396 e. The van der Waals surface area contributed by atoms with Crippen molar-refractivity contribution < 1.29 is 24.0 Å². The lowest BCUT2D eigenvalue weighted by Gasteiger charge is -2.35. The zero-order chi connectivity index (χ0) is 24.4. The van der Waals surface area contributed by atoms with E-state index in [1.807, 2.05) is 24.3 Å². The van der Waals surface area contributed by atoms with Gasteiger partial charge in [-0.3, -0.25) is 14.4 Å². The number of hydrogen-bond acceptors (Lipinski definition) is 6. The molecule has 0 bridgehead atoms. The summed E-state index contributed by atoms with van der Waals surface area (Å²) in [5.41, 5.74) is 3.46. The van der Waals surface area contributed by atoms with Crippen LogP contribution in [0.2, 0.25) is 0 Å². The number of anilines is 1. The fourth-order valence-corrected chi connectivity index (χ4v) is 5.51. The van der Waals surface area contributed by atoms with Crippen molar-refractivity contribution in [2.75, 3.05) is 11.5 Å². The summed E-state index contributed by atoms with van der Waals surface area (Å²) in [6.45, 7) is 0.0249. The molecule has 1 aromatic heterocycles. The zero-order valence-electron chi connectivity index (χ0n) is 19.4. The Morgan fingerprint density at radius 3 is 2.31 bits per heavy atom. The van der Waals surface area contributed by atoms with E-state index in [4.69, 9.17) is 9.63 Å². The van der Waals surface area contributed by atoms with Crippen LogP contribution >= 0.6 is 0 Å². The molecule has 0 spiro atoms. The average molecular weight is 473 g/mol. The van der Waals surface area contributed by atoms with Crippen LogP contribution in [0.1, 0.15) is 48.0 Å². The molecule has 0 radical (unpaired) electrons. The van der Waals surface area contributed by atoms with Gasteiger partial charge in [-0.15, -0.1) is 0 Å². The molecule has 3 aromatic rings. The number of amides is 1. The number of nitrogens with zero attached hydrogens (tertiary/aromatic N) is 2. The molecule has 1 amide bonds. The molecule has 1 aliphatic carbocycles. The number of carbonyl (C=O) groups excluding carboxylic acids is 3. The first-order valence-corrected chi connectivity index (χ1v) is 12.2. The molecule has 2 atom stereocenters. The monoisotopic (exact) mass is 472 g/mol. The summed E-state index contributed by atoms with van der Waals surface area (Å²) in [5, 5.41) is 13.1. The Kier molecular flexibility index (Phi) is 6.59. The second kappa shape index (κ2) is 9.96. The Morgan fingerprint density at radius 2 is 1.69 bits per heavy atom. The standard InChI is InChI=1S/C28H28N2O5/c31-16-14-18-6-8-21(9-7-18)26(32)24-25(20-4-2-1-3-5-20)30(28(34)27(24)33)22-12-10-19(11-13-22)23-15-17-35-29-23/h6-13,15,17,20,24-25,31H,1-5,14,16H2. The molecule has 1 aliphatic heterocycles. The van der Waals surface area contributed by atoms with Crippen molar-refractivity contribution in [3.63, 3.8) is 0 Å². The third-order valence-electron chi connectivity index (χ3n) is 7.28. The van der Waals surface area contributed by atoms with E-state index in [0.717, 1.165) is 43.2 Å². The van der Waals surface area contributed by atoms with E-state index in [1.165, 1.54) is 6.26 Å². The number of aliphatic hydroxyl groups is 1. The second-order valence-electron chi connectivity index (χ2n) is 9.37. The molecule has 1 saturated carbocycles. The molecule has 2 heterocycles. The molecule has 35 heavy (non-hydrogen) atoms. The fraction of sp³-hybridized carbons (Fsp3) is 0.357. The summed E-state index contributed by atoms with van der Waals surface area (Å²) in [6, 6.07) is 15.5. The van der Waals surface area contributed by atoms with Crippen molar-refractivity contribution >= 4 is 23.2 Å². The molecular weight excluding hydrogens is 444 g/mol. The lowest BCUT2D eigenvalue weighted by atomic mass is 9.76. The summed E-state index contributed by atoms with van der Waals surface area (Å²) < 4.78 is 4.92. The molecule has 1 saturated heterocycles. The van der Waals surface area contributed by atoms with Crippen molar-refractivity contribution in [3.8, 4) is 11.3 Å². The van der Waals surface area contributed by atoms with E-state index in [-0.39, 0.29) is 18.3 Å². The van der Waals surface area contributed by atoms with Gasteiger partial charge in [0.2, 0.25) is 5.78 Å². The van der Waals surface area contributed by atoms with Gasteiger partial charge in [0.05, 0.1) is 6.04 Å². The van der Waals surface area contributed by atoms with Crippen LogP contribution in [0, 0.1) is 11.8 Å². The average Bonchev–Trinajstić information content (AvgIpc) is 3.52. The van der Waals surface area contributed by atoms with E-state index in [1.54, 1.807) is 35.2 Å². The highest BCUT2D eigenvalue weighted by Gasteiger charge is 2.54. The van der Waals surface area contributed by atoms with Gasteiger partial charge >= 0.3 is 0 Å². The second-order valence-corrected chi connectivity index (χ2v) is 9.37. The van der Waals surface area contributed by atoms with Crippen molar-refractivity contribution in [1.29, 1.82) is 0 Å². The van der Waals surface area contributed by atoms with Gasteiger partial charge in [0.1, 0.15) is 17.9 Å². The smallest absolute Gasteiger partial charge is 0.295 e. The third-order valence-corrected chi connectivity index (χ3v) is 7.28. The first-order chi connectivity index (χ1) is 17.1. The van der Waals surface area contributed by atoms with Crippen LogP contribution < -0.4 is 4.90 Å². The van der Waals surface area contributed by atoms with Crippen molar-refractivity contribution in [1.82, 2.24) is 5.16 Å². The van der Waals surface area contributed by atoms with E-state index >= 15 is 0 Å². The number of Topliss-reactive ketones (excluding diaryl/α,β-unsaturated/α-hetero) is 2. The molecule has 7 heteroatoms. The van der Waals surface area contributed by atoms with Crippen molar-refractivity contribution in [3.05, 3.63) is 72.0 Å². The Balaban J connectivity index is 1.50. The van der Waals surface area contributed by atoms with Crippen LogP contribution in [0.25, 0.3) is 11.3 Å². The third kappa shape index (κ3) is 4.44. The molecule has 7 nitrogen and oxygen atoms in total. The molecular formula is C28H28N2O5. The predicted molar refractivity (Wildman–Crippen MR) is 130 cm³/mol. The summed E-state index contributed by atoms with van der Waals surface area (Å²) in [6.07, 6.45) is 6.95. The quantitative estimate of drug-likeness (QED) is 0.314. The van der Waals surface area contributed by atoms with Crippen LogP contribution in [0.15, 0.2) is 65.4 Å². The number of rotatable bonds is 7. The molecule has 2 fully saturated rings. The van der Waals surface area contributed by atoms with E-state index in [2.05, 4.69) is 5.16 Å². The highest BCUT2D eigenvalue weighted by Crippen LogP contribution is 2.41. The molecule has 2 unspecified atom stereocenters. The summed E-state index contributed by atoms with van der Waals surface area (Å²) in [4.78, 5) is 41.8. The van der Waals surface area contributed by atoms with Gasteiger partial charge in [-0.25, -0.2) is 0 Å². The number of ketones is 2. The van der Waals surface area contributed by atoms with Gasteiger partial charge in [-0.1, -0.05) is 60.8 Å². The number of aromatic nitrogens is 1. The largest absolute Gasteiger partial charge is 0.396 e. The number of benzene rings is 2. The van der Waals surface area contributed by atoms with Gasteiger partial charge in [0.25, 0.3) is 5.91 Å². The predicted octanol–water partition coefficient (Wildman–Crippen LogP) is 4.24. The lowest BCUT2D eigenvalue weighted by molar-refractivity contribution is -0.135. The Bertz CT molecular complexity index is 1200. The Labute approximate surface area is 203 Å². The van der Waals surface area contributed by atoms with Crippen LogP contribution in [0.3, 0.4) is 0 Å². The summed E-state index contributed by atoms with van der Waals surface area (Å²) in [7, 11) is 0. The maximum absolute atomic E-state index is 13.6. The highest BCUT2D eigenvalue weighted by atomic mass is 16.5. The van der Waals surface area contributed by atoms with Crippen LogP contribution in [-0.2, 0) is 16.0 Å². The van der Waals surface area contributed by atoms with Gasteiger partial charge in [0.15, 0.2) is 5.78 Å². The van der Waals surface area contributed by atoms with Gasteiger partial charge in [-0.05, 0) is 42.9 Å². The van der Waals surface area contributed by atoms with Gasteiger partial charge in [-0.2, -0.15) is 0 Å². The number of carbonyl (C=O) groups is 3. The molecule has 180 valence electrons. The van der Waals surface area contributed by atoms with Gasteiger partial charge in [0, 0.05) is 29.5 Å². The molecule has 2 aliphatic rings. The van der Waals surface area contributed by atoms with E-state index < -0.39 is 23.7 Å². The van der Waals surface area contributed by atoms with Crippen molar-refractivity contribution in [2.45, 2.75) is 44.6 Å². The summed E-state index contributed by atoms with van der Waals surface area (Å²) in [5.74, 6) is -2.51. The van der Waals surface area contributed by atoms with Crippen LogP contribution in [0.5, 0.6) is 0 Å². The van der Waals surface area contributed by atoms with Gasteiger partial charge < -0.3 is 14.5 Å². The number of hydrogen-bond donors (Lipinski definition) is 1. The fourth-order valence-electron chi connectivity index (χ4n) is 5.51. The number of aliphatic hydroxyl groups excluding tert-OH is 1. The normalized spacial score (nSPS) is 21.0. The first kappa shape index (κ1) is 23.2. The Hall–Kier alpha value is -3.58. The van der Waals surface area contributed by atoms with Crippen molar-refractivity contribution in [2.24, 2.45) is 11.8 Å². The topological polar surface area (TPSA) is 101 Å². The maximum Gasteiger partial charge on any atom is 0.295 e. The summed E-state index contributed by atoms with van der Waals surface area (Å²) >= 11 is 0. The SMILES string of the molecule is O=C1C(=O)N(c2ccc(-c3ccon3)cc2)C(C2CCCCC2)C1C(=O)c1ccc(CCO)cc1. The maximum atomic E-state index is 13.6. The first-order valence-electron chi connectivity index (χ1n) is 12.2. The Morgan fingerprint density at radius 1 is 0.971 bits per heavy atom. The van der Waals surface area contributed by atoms with E-state index in [0.29, 0.717) is 23.4 Å². The highest BCUT2D eigenvalue weighted by molar-refractivity contribution is 6.49. The van der Waals surface area contributed by atoms with Crippen LogP contribution in [0.4, 0.5) is 5.69 Å².